The van der Waals surface area contributed by atoms with E-state index in [1.807, 2.05) is 20.8 Å². The Hall–Kier alpha value is -0.690. The first kappa shape index (κ1) is 20.3. The van der Waals surface area contributed by atoms with Gasteiger partial charge in [0.15, 0.2) is 5.79 Å². The lowest BCUT2D eigenvalue weighted by Gasteiger charge is -2.40. The molecule has 1 heterocycles. The van der Waals surface area contributed by atoms with Crippen LogP contribution in [0, 0.1) is 0 Å². The first-order chi connectivity index (χ1) is 9.53. The fraction of sp³-hybridized carbons (Fsp3) is 0.933. The second-order valence-electron chi connectivity index (χ2n) is 6.40. The zero-order valence-electron chi connectivity index (χ0n) is 14.0. The Balaban J connectivity index is 0.00000122. The number of carbonyl (C=O) groups excluding carboxylic acids is 1. The molecule has 2 N–H and O–H groups in total. The van der Waals surface area contributed by atoms with E-state index < -0.39 is 11.4 Å². The van der Waals surface area contributed by atoms with Crippen LogP contribution in [0.2, 0.25) is 0 Å². The molecule has 0 bridgehead atoms. The highest BCUT2D eigenvalue weighted by Gasteiger charge is 2.36. The second-order valence-corrected chi connectivity index (χ2v) is 6.40. The van der Waals surface area contributed by atoms with Crippen LogP contribution in [-0.2, 0) is 19.0 Å². The van der Waals surface area contributed by atoms with Gasteiger partial charge in [-0.25, -0.2) is 0 Å². The minimum atomic E-state index is -0.779. The summed E-state index contributed by atoms with van der Waals surface area (Å²) in [7, 11) is 0. The molecular weight excluding hydrogens is 276 g/mol. The number of rotatable bonds is 3. The standard InChI is InChI=1S/C13H24O5.C2H6O/c1-12(2,3)18-11(15)7-9-6-10(8-14)17-13(4,5)16-9;1-2-3/h9-10,14H,6-8H2,1-5H3;3H,2H2,1H3/t9-,10+;/m1./s1. The van der Waals surface area contributed by atoms with E-state index in [0.717, 1.165) is 0 Å². The maximum Gasteiger partial charge on any atom is 0.308 e. The minimum Gasteiger partial charge on any atom is -0.460 e. The molecule has 6 nitrogen and oxygen atoms in total. The van der Waals surface area contributed by atoms with Crippen molar-refractivity contribution in [2.45, 2.75) is 78.0 Å². The summed E-state index contributed by atoms with van der Waals surface area (Å²) in [6.45, 7) is 10.9. The van der Waals surface area contributed by atoms with Gasteiger partial charge in [0.1, 0.15) is 5.60 Å². The fourth-order valence-corrected chi connectivity index (χ4v) is 2.03. The van der Waals surface area contributed by atoms with Gasteiger partial charge in [-0.15, -0.1) is 0 Å². The summed E-state index contributed by atoms with van der Waals surface area (Å²) in [5.74, 6) is -1.07. The predicted octanol–water partition coefficient (Wildman–Crippen LogP) is 1.62. The maximum absolute atomic E-state index is 11.7. The molecule has 0 radical (unpaired) electrons. The Labute approximate surface area is 127 Å². The Kier molecular flexibility index (Phi) is 8.39. The Bertz CT molecular complexity index is 308. The van der Waals surface area contributed by atoms with Crippen LogP contribution >= 0.6 is 0 Å². The number of hydrogen-bond acceptors (Lipinski definition) is 6. The summed E-state index contributed by atoms with van der Waals surface area (Å²) in [5, 5.41) is 16.7. The van der Waals surface area contributed by atoms with Gasteiger partial charge in [0.05, 0.1) is 25.2 Å². The average Bonchev–Trinajstić information content (AvgIpc) is 2.24. The van der Waals surface area contributed by atoms with E-state index >= 15 is 0 Å². The molecule has 6 heteroatoms. The van der Waals surface area contributed by atoms with E-state index in [-0.39, 0.29) is 37.8 Å². The van der Waals surface area contributed by atoms with Crippen LogP contribution in [0.3, 0.4) is 0 Å². The Morgan fingerprint density at radius 3 is 2.14 bits per heavy atom. The highest BCUT2D eigenvalue weighted by atomic mass is 16.7. The summed E-state index contributed by atoms with van der Waals surface area (Å²) >= 11 is 0. The third kappa shape index (κ3) is 9.79. The molecule has 0 saturated carbocycles. The summed E-state index contributed by atoms with van der Waals surface area (Å²) < 4.78 is 16.4. The van der Waals surface area contributed by atoms with Gasteiger partial charge in [0, 0.05) is 13.0 Å². The summed E-state index contributed by atoms with van der Waals surface area (Å²) in [5.41, 5.74) is -0.492. The molecule has 1 rings (SSSR count). The zero-order valence-corrected chi connectivity index (χ0v) is 14.0. The monoisotopic (exact) mass is 306 g/mol. The Morgan fingerprint density at radius 2 is 1.71 bits per heavy atom. The molecule has 0 aromatic carbocycles. The molecule has 0 aliphatic carbocycles. The molecular formula is C15H30O6. The van der Waals surface area contributed by atoms with Crippen LogP contribution < -0.4 is 0 Å². The van der Waals surface area contributed by atoms with Gasteiger partial charge in [-0.05, 0) is 41.5 Å². The quantitative estimate of drug-likeness (QED) is 0.771. The molecule has 2 atom stereocenters. The molecule has 126 valence electrons. The van der Waals surface area contributed by atoms with Crippen molar-refractivity contribution in [3.05, 3.63) is 0 Å². The van der Waals surface area contributed by atoms with Crippen molar-refractivity contribution in [3.63, 3.8) is 0 Å². The SMILES string of the molecule is CC(C)(C)OC(=O)C[C@H]1C[C@@H](CO)OC(C)(C)O1.CCO. The van der Waals surface area contributed by atoms with Crippen molar-refractivity contribution in [2.75, 3.05) is 13.2 Å². The number of aliphatic hydroxyl groups is 2. The van der Waals surface area contributed by atoms with Gasteiger partial charge in [0.25, 0.3) is 0 Å². The number of hydrogen-bond donors (Lipinski definition) is 2. The minimum absolute atomic E-state index is 0.0718. The highest BCUT2D eigenvalue weighted by molar-refractivity contribution is 5.70. The van der Waals surface area contributed by atoms with Crippen LogP contribution in [-0.4, -0.2) is 53.0 Å². The van der Waals surface area contributed by atoms with Crippen molar-refractivity contribution < 1.29 is 29.2 Å². The maximum atomic E-state index is 11.7. The predicted molar refractivity (Wildman–Crippen MR) is 78.7 cm³/mol. The molecule has 1 aliphatic heterocycles. The summed E-state index contributed by atoms with van der Waals surface area (Å²) in [4.78, 5) is 11.7. The largest absolute Gasteiger partial charge is 0.460 e. The van der Waals surface area contributed by atoms with Crippen molar-refractivity contribution in [3.8, 4) is 0 Å². The molecule has 0 amide bonds. The van der Waals surface area contributed by atoms with Crippen molar-refractivity contribution in [1.82, 2.24) is 0 Å². The van der Waals surface area contributed by atoms with Gasteiger partial charge in [0.2, 0.25) is 0 Å². The van der Waals surface area contributed by atoms with Crippen LogP contribution in [0.1, 0.15) is 54.4 Å². The van der Waals surface area contributed by atoms with Gasteiger partial charge in [-0.1, -0.05) is 0 Å². The van der Waals surface area contributed by atoms with Crippen LogP contribution in [0.5, 0.6) is 0 Å². The topological polar surface area (TPSA) is 85.2 Å². The second kappa shape index (κ2) is 8.68. The first-order valence-electron chi connectivity index (χ1n) is 7.32. The van der Waals surface area contributed by atoms with Gasteiger partial charge in [-0.2, -0.15) is 0 Å². The average molecular weight is 306 g/mol. The van der Waals surface area contributed by atoms with Gasteiger partial charge < -0.3 is 24.4 Å². The number of carbonyl (C=O) groups is 1. The molecule has 0 aromatic heterocycles. The third-order valence-corrected chi connectivity index (χ3v) is 2.44. The lowest BCUT2D eigenvalue weighted by molar-refractivity contribution is -0.304. The lowest BCUT2D eigenvalue weighted by Crippen LogP contribution is -2.46. The van der Waals surface area contributed by atoms with Crippen molar-refractivity contribution >= 4 is 5.97 Å². The van der Waals surface area contributed by atoms with E-state index in [2.05, 4.69) is 0 Å². The molecule has 21 heavy (non-hydrogen) atoms. The highest BCUT2D eigenvalue weighted by Crippen LogP contribution is 2.28. The molecule has 1 aliphatic rings. The van der Waals surface area contributed by atoms with Crippen molar-refractivity contribution in [2.24, 2.45) is 0 Å². The molecule has 1 saturated heterocycles. The van der Waals surface area contributed by atoms with Crippen LogP contribution in [0.4, 0.5) is 0 Å². The third-order valence-electron chi connectivity index (χ3n) is 2.44. The van der Waals surface area contributed by atoms with Crippen molar-refractivity contribution in [1.29, 1.82) is 0 Å². The smallest absolute Gasteiger partial charge is 0.308 e. The van der Waals surface area contributed by atoms with E-state index in [4.69, 9.17) is 24.4 Å². The van der Waals surface area contributed by atoms with E-state index in [1.54, 1.807) is 20.8 Å². The molecule has 0 unspecified atom stereocenters. The molecule has 0 aromatic rings. The van der Waals surface area contributed by atoms with Gasteiger partial charge in [-0.3, -0.25) is 4.79 Å². The van der Waals surface area contributed by atoms with E-state index in [9.17, 15) is 4.79 Å². The summed E-state index contributed by atoms with van der Waals surface area (Å²) in [6.07, 6.45) is 0.113. The van der Waals surface area contributed by atoms with E-state index in [1.165, 1.54) is 0 Å². The first-order valence-corrected chi connectivity index (χ1v) is 7.32. The number of ether oxygens (including phenoxy) is 3. The molecule has 1 fully saturated rings. The normalized spacial score (nSPS) is 24.8. The van der Waals surface area contributed by atoms with Gasteiger partial charge >= 0.3 is 5.97 Å². The number of aliphatic hydroxyl groups excluding tert-OH is 2. The fourth-order valence-electron chi connectivity index (χ4n) is 2.03. The lowest BCUT2D eigenvalue weighted by atomic mass is 10.1. The van der Waals surface area contributed by atoms with Crippen LogP contribution in [0.15, 0.2) is 0 Å². The summed E-state index contributed by atoms with van der Waals surface area (Å²) in [6, 6.07) is 0. The molecule has 0 spiro atoms. The number of esters is 1. The van der Waals surface area contributed by atoms with E-state index in [0.29, 0.717) is 6.42 Å². The van der Waals surface area contributed by atoms with Crippen LogP contribution in [0.25, 0.3) is 0 Å². The Morgan fingerprint density at radius 1 is 1.24 bits per heavy atom. The zero-order chi connectivity index (χ0) is 16.7.